The summed E-state index contributed by atoms with van der Waals surface area (Å²) in [7, 11) is 4.66. The van der Waals surface area contributed by atoms with E-state index in [2.05, 4.69) is 43.2 Å². The Balaban J connectivity index is 1.45. The Kier molecular flexibility index (Phi) is 8.38. The summed E-state index contributed by atoms with van der Waals surface area (Å²) in [6.07, 6.45) is 0.439. The molecule has 1 aliphatic rings. The largest absolute Gasteiger partial charge is 0.493 e. The lowest BCUT2D eigenvalue weighted by Gasteiger charge is -2.34. The van der Waals surface area contributed by atoms with E-state index in [1.165, 1.54) is 8.66 Å². The third-order valence-corrected chi connectivity index (χ3v) is 6.69. The van der Waals surface area contributed by atoms with Gasteiger partial charge in [0.2, 0.25) is 11.7 Å². The van der Waals surface area contributed by atoms with Crippen LogP contribution < -0.4 is 19.5 Å². The minimum Gasteiger partial charge on any atom is -0.493 e. The van der Waals surface area contributed by atoms with E-state index in [1.807, 2.05) is 0 Å². The highest BCUT2D eigenvalue weighted by Crippen LogP contribution is 2.39. The van der Waals surface area contributed by atoms with Crippen molar-refractivity contribution < 1.29 is 19.0 Å². The maximum atomic E-state index is 12.5. The molecule has 0 radical (unpaired) electrons. The fraction of sp³-hybridized carbons (Fsp3) is 0.476. The summed E-state index contributed by atoms with van der Waals surface area (Å²) in [6.45, 7) is 5.72. The van der Waals surface area contributed by atoms with E-state index in [9.17, 15) is 4.79 Å². The van der Waals surface area contributed by atoms with Crippen LogP contribution in [0.4, 0.5) is 5.69 Å². The lowest BCUT2D eigenvalue weighted by molar-refractivity contribution is -0.116. The van der Waals surface area contributed by atoms with Crippen molar-refractivity contribution in [2.45, 2.75) is 13.0 Å². The van der Waals surface area contributed by atoms with Gasteiger partial charge in [-0.1, -0.05) is 0 Å². The van der Waals surface area contributed by atoms with Crippen LogP contribution in [0.2, 0.25) is 0 Å². The number of rotatable bonds is 9. The quantitative estimate of drug-likeness (QED) is 0.569. The molecule has 0 aliphatic carbocycles. The highest BCUT2D eigenvalue weighted by Gasteiger charge is 2.19. The number of methoxy groups -OCH3 is 3. The number of amides is 1. The van der Waals surface area contributed by atoms with Gasteiger partial charge >= 0.3 is 0 Å². The van der Waals surface area contributed by atoms with Crippen LogP contribution in [0.15, 0.2) is 28.1 Å². The molecule has 1 aliphatic heterocycles. The second-order valence-electron chi connectivity index (χ2n) is 7.04. The molecule has 1 aromatic carbocycles. The first-order valence-corrected chi connectivity index (χ1v) is 11.4. The molecule has 0 saturated carbocycles. The van der Waals surface area contributed by atoms with Gasteiger partial charge in [-0.2, -0.15) is 0 Å². The zero-order valence-corrected chi connectivity index (χ0v) is 20.0. The molecule has 1 N–H and O–H groups in total. The molecule has 2 heterocycles. The average molecular weight is 498 g/mol. The highest BCUT2D eigenvalue weighted by atomic mass is 79.9. The van der Waals surface area contributed by atoms with Crippen LogP contribution in [0.5, 0.6) is 17.2 Å². The Morgan fingerprint density at radius 2 is 1.67 bits per heavy atom. The molecule has 0 unspecified atom stereocenters. The minimum atomic E-state index is -0.0323. The Hall–Kier alpha value is -1.81. The first-order chi connectivity index (χ1) is 14.5. The Morgan fingerprint density at radius 3 is 2.20 bits per heavy atom. The van der Waals surface area contributed by atoms with Gasteiger partial charge < -0.3 is 24.4 Å². The molecule has 1 saturated heterocycles. The highest BCUT2D eigenvalue weighted by molar-refractivity contribution is 9.11. The maximum Gasteiger partial charge on any atom is 0.225 e. The third kappa shape index (κ3) is 6.10. The molecule has 2 aromatic rings. The molecular weight excluding hydrogens is 470 g/mol. The molecule has 30 heavy (non-hydrogen) atoms. The number of benzene rings is 1. The summed E-state index contributed by atoms with van der Waals surface area (Å²) in [4.78, 5) is 18.6. The van der Waals surface area contributed by atoms with Gasteiger partial charge in [-0.15, -0.1) is 11.3 Å². The summed E-state index contributed by atoms with van der Waals surface area (Å²) >= 11 is 5.31. The van der Waals surface area contributed by atoms with Crippen LogP contribution in [0.1, 0.15) is 11.3 Å². The lowest BCUT2D eigenvalue weighted by atomic mass is 10.2. The van der Waals surface area contributed by atoms with Crippen molar-refractivity contribution in [2.75, 3.05) is 59.4 Å². The van der Waals surface area contributed by atoms with Gasteiger partial charge in [0.05, 0.1) is 25.1 Å². The number of hydrogen-bond acceptors (Lipinski definition) is 7. The van der Waals surface area contributed by atoms with Crippen molar-refractivity contribution in [2.24, 2.45) is 0 Å². The minimum absolute atomic E-state index is 0.0323. The van der Waals surface area contributed by atoms with Gasteiger partial charge in [0.1, 0.15) is 0 Å². The van der Waals surface area contributed by atoms with Crippen molar-refractivity contribution >= 4 is 38.9 Å². The van der Waals surface area contributed by atoms with E-state index in [-0.39, 0.29) is 5.91 Å². The molecule has 1 fully saturated rings. The zero-order valence-electron chi connectivity index (χ0n) is 17.6. The molecule has 0 spiro atoms. The second kappa shape index (κ2) is 11.0. The van der Waals surface area contributed by atoms with Crippen LogP contribution in [-0.2, 0) is 11.3 Å². The van der Waals surface area contributed by atoms with Crippen molar-refractivity contribution in [1.29, 1.82) is 0 Å². The first-order valence-electron chi connectivity index (χ1n) is 9.81. The first kappa shape index (κ1) is 22.9. The Bertz CT molecular complexity index is 828. The van der Waals surface area contributed by atoms with Crippen molar-refractivity contribution in [3.8, 4) is 17.2 Å². The van der Waals surface area contributed by atoms with Crippen LogP contribution in [0, 0.1) is 0 Å². The number of thiophene rings is 1. The van der Waals surface area contributed by atoms with Gasteiger partial charge in [0, 0.05) is 68.4 Å². The summed E-state index contributed by atoms with van der Waals surface area (Å²) in [6, 6.07) is 7.75. The van der Waals surface area contributed by atoms with Crippen LogP contribution >= 0.6 is 27.3 Å². The van der Waals surface area contributed by atoms with Crippen molar-refractivity contribution in [1.82, 2.24) is 9.80 Å². The monoisotopic (exact) mass is 497 g/mol. The molecule has 7 nitrogen and oxygen atoms in total. The smallest absolute Gasteiger partial charge is 0.225 e. The van der Waals surface area contributed by atoms with Crippen LogP contribution in [-0.4, -0.2) is 69.8 Å². The molecule has 164 valence electrons. The molecule has 1 amide bonds. The van der Waals surface area contributed by atoms with E-state index in [0.717, 1.165) is 39.3 Å². The van der Waals surface area contributed by atoms with E-state index in [1.54, 1.807) is 44.8 Å². The molecule has 9 heteroatoms. The number of piperazine rings is 1. The predicted molar refractivity (Wildman–Crippen MR) is 123 cm³/mol. The van der Waals surface area contributed by atoms with E-state index >= 15 is 0 Å². The molecule has 1 aromatic heterocycles. The van der Waals surface area contributed by atoms with Crippen LogP contribution in [0.25, 0.3) is 0 Å². The summed E-state index contributed by atoms with van der Waals surface area (Å²) in [5.41, 5.74) is 0.626. The van der Waals surface area contributed by atoms with Crippen molar-refractivity contribution in [3.63, 3.8) is 0 Å². The fourth-order valence-corrected chi connectivity index (χ4v) is 4.99. The molecule has 0 atom stereocenters. The second-order valence-corrected chi connectivity index (χ2v) is 9.58. The predicted octanol–water partition coefficient (Wildman–Crippen LogP) is 3.68. The standard InChI is InChI=1S/C21H28BrN3O4S/c1-27-17-12-15(13-18(28-2)21(17)29-3)23-20(26)6-7-24-8-10-25(11-9-24)14-16-4-5-19(22)30-16/h4-5,12-13H,6-11,14H2,1-3H3,(H,23,26). The normalized spacial score (nSPS) is 15.1. The molecule has 0 bridgehead atoms. The fourth-order valence-electron chi connectivity index (χ4n) is 3.46. The molecule has 3 rings (SSSR count). The van der Waals surface area contributed by atoms with Gasteiger partial charge in [-0.05, 0) is 28.1 Å². The van der Waals surface area contributed by atoms with E-state index in [0.29, 0.717) is 29.4 Å². The Labute approximate surface area is 190 Å². The van der Waals surface area contributed by atoms with E-state index < -0.39 is 0 Å². The zero-order chi connectivity index (χ0) is 21.5. The number of nitrogens with one attached hydrogen (secondary N) is 1. The van der Waals surface area contributed by atoms with E-state index in [4.69, 9.17) is 14.2 Å². The number of anilines is 1. The maximum absolute atomic E-state index is 12.5. The van der Waals surface area contributed by atoms with Gasteiger partial charge in [0.25, 0.3) is 0 Å². The number of halogens is 1. The van der Waals surface area contributed by atoms with Gasteiger partial charge in [0.15, 0.2) is 11.5 Å². The third-order valence-electron chi connectivity index (χ3n) is 5.08. The van der Waals surface area contributed by atoms with Crippen LogP contribution in [0.3, 0.4) is 0 Å². The summed E-state index contributed by atoms with van der Waals surface area (Å²) in [5, 5.41) is 2.93. The Morgan fingerprint density at radius 1 is 1.03 bits per heavy atom. The van der Waals surface area contributed by atoms with Gasteiger partial charge in [-0.25, -0.2) is 0 Å². The number of carbonyl (C=O) groups is 1. The number of carbonyl (C=O) groups excluding carboxylic acids is 1. The topological polar surface area (TPSA) is 63.3 Å². The molecular formula is C21H28BrN3O4S. The summed E-state index contributed by atoms with van der Waals surface area (Å²) in [5.74, 6) is 1.50. The number of nitrogens with zero attached hydrogens (tertiary/aromatic N) is 2. The average Bonchev–Trinajstić information content (AvgIpc) is 3.16. The number of ether oxygens (including phenoxy) is 3. The SMILES string of the molecule is COc1cc(NC(=O)CCN2CCN(Cc3ccc(Br)s3)CC2)cc(OC)c1OC. The van der Waals surface area contributed by atoms with Crippen molar-refractivity contribution in [3.05, 3.63) is 32.9 Å². The lowest BCUT2D eigenvalue weighted by Crippen LogP contribution is -2.46. The van der Waals surface area contributed by atoms with Gasteiger partial charge in [-0.3, -0.25) is 9.69 Å². The summed E-state index contributed by atoms with van der Waals surface area (Å²) < 4.78 is 17.2. The number of hydrogen-bond donors (Lipinski definition) is 1.